The number of carbonyl (C=O) groups excluding carboxylic acids is 1. The van der Waals surface area contributed by atoms with Gasteiger partial charge in [0.15, 0.2) is 0 Å². The van der Waals surface area contributed by atoms with E-state index in [0.717, 1.165) is 15.7 Å². The van der Waals surface area contributed by atoms with Crippen LogP contribution in [0.4, 0.5) is 5.69 Å². The summed E-state index contributed by atoms with van der Waals surface area (Å²) in [5, 5.41) is 12.6. The summed E-state index contributed by atoms with van der Waals surface area (Å²) in [6, 6.07) is 13.7. The maximum absolute atomic E-state index is 12.3. The van der Waals surface area contributed by atoms with E-state index in [9.17, 15) is 14.9 Å². The molecule has 1 N–H and O–H groups in total. The zero-order chi connectivity index (χ0) is 18.0. The molecule has 1 heterocycles. The summed E-state index contributed by atoms with van der Waals surface area (Å²) < 4.78 is 0.964. The van der Waals surface area contributed by atoms with Gasteiger partial charge in [-0.15, -0.1) is 0 Å². The second-order valence-corrected chi connectivity index (χ2v) is 6.53. The zero-order valence-electron chi connectivity index (χ0n) is 13.5. The van der Waals surface area contributed by atoms with Crippen LogP contribution >= 0.6 is 15.9 Å². The summed E-state index contributed by atoms with van der Waals surface area (Å²) in [7, 11) is 0. The van der Waals surface area contributed by atoms with Gasteiger partial charge in [0.05, 0.1) is 16.7 Å². The molecule has 0 spiro atoms. The van der Waals surface area contributed by atoms with E-state index in [1.165, 1.54) is 17.1 Å². The Kier molecular flexibility index (Phi) is 4.85. The minimum atomic E-state index is -0.433. The van der Waals surface area contributed by atoms with Crippen LogP contribution in [0.2, 0.25) is 0 Å². The van der Waals surface area contributed by atoms with Gasteiger partial charge in [-0.25, -0.2) is 5.01 Å². The lowest BCUT2D eigenvalue weighted by atomic mass is 10.0. The van der Waals surface area contributed by atoms with Gasteiger partial charge in [-0.05, 0) is 29.3 Å². The number of nitrogens with zero attached hydrogens (tertiary/aromatic N) is 2. The van der Waals surface area contributed by atoms with E-state index in [2.05, 4.69) is 21.4 Å². The molecule has 7 heteroatoms. The highest BCUT2D eigenvalue weighted by molar-refractivity contribution is 9.10. The lowest BCUT2D eigenvalue weighted by Gasteiger charge is -2.25. The van der Waals surface area contributed by atoms with E-state index < -0.39 is 11.0 Å². The lowest BCUT2D eigenvalue weighted by Crippen LogP contribution is -2.39. The average Bonchev–Trinajstić information content (AvgIpc) is 3.07. The van der Waals surface area contributed by atoms with Crippen LogP contribution in [-0.2, 0) is 4.79 Å². The fourth-order valence-electron chi connectivity index (χ4n) is 2.71. The Bertz CT molecular complexity index is 849. The molecule has 0 radical (unpaired) electrons. The quantitative estimate of drug-likeness (QED) is 0.615. The maximum atomic E-state index is 12.3. The monoisotopic (exact) mass is 401 g/mol. The number of benzene rings is 2. The third kappa shape index (κ3) is 3.56. The van der Waals surface area contributed by atoms with Crippen molar-refractivity contribution in [1.29, 1.82) is 0 Å². The van der Waals surface area contributed by atoms with Crippen LogP contribution in [-0.4, -0.2) is 15.8 Å². The number of nitro groups is 1. The number of carbonyl (C=O) groups is 1. The highest BCUT2D eigenvalue weighted by Gasteiger charge is 2.30. The van der Waals surface area contributed by atoms with Crippen molar-refractivity contribution in [2.24, 2.45) is 0 Å². The van der Waals surface area contributed by atoms with E-state index in [1.54, 1.807) is 19.1 Å². The smallest absolute Gasteiger partial charge is 0.269 e. The largest absolute Gasteiger partial charge is 0.295 e. The second-order valence-electron chi connectivity index (χ2n) is 5.61. The predicted octanol–water partition coefficient (Wildman–Crippen LogP) is 4.20. The highest BCUT2D eigenvalue weighted by Crippen LogP contribution is 2.33. The third-order valence-electron chi connectivity index (χ3n) is 3.99. The summed E-state index contributed by atoms with van der Waals surface area (Å²) in [5.41, 5.74) is 5.56. The van der Waals surface area contributed by atoms with Crippen molar-refractivity contribution in [1.82, 2.24) is 10.4 Å². The molecule has 1 atom stereocenters. The average molecular weight is 402 g/mol. The molecule has 0 aliphatic carbocycles. The minimum absolute atomic E-state index is 0.00638. The molecule has 3 rings (SSSR count). The first-order valence-electron chi connectivity index (χ1n) is 7.80. The number of nitro benzene ring substituents is 1. The number of hydrazine groups is 1. The molecule has 2 aromatic rings. The topological polar surface area (TPSA) is 75.5 Å². The van der Waals surface area contributed by atoms with Crippen LogP contribution in [0.15, 0.2) is 59.1 Å². The second kappa shape index (κ2) is 7.06. The van der Waals surface area contributed by atoms with Gasteiger partial charge in [-0.1, -0.05) is 47.1 Å². The van der Waals surface area contributed by atoms with E-state index in [0.29, 0.717) is 12.0 Å². The number of non-ortho nitro benzene ring substituents is 1. The van der Waals surface area contributed by atoms with Gasteiger partial charge >= 0.3 is 0 Å². The lowest BCUT2D eigenvalue weighted by molar-refractivity contribution is -0.384. The first-order valence-corrected chi connectivity index (χ1v) is 8.59. The molecule has 1 aliphatic rings. The fraction of sp³-hybridized carbons (Fsp3) is 0.167. The van der Waals surface area contributed by atoms with Crippen molar-refractivity contribution >= 4 is 33.2 Å². The summed E-state index contributed by atoms with van der Waals surface area (Å²) in [5.74, 6) is -0.0835. The van der Waals surface area contributed by atoms with Gasteiger partial charge in [0.2, 0.25) is 5.91 Å². The molecular weight excluding hydrogens is 386 g/mol. The molecule has 6 nitrogen and oxygen atoms in total. The van der Waals surface area contributed by atoms with Gasteiger partial charge in [0, 0.05) is 23.0 Å². The number of amides is 1. The summed E-state index contributed by atoms with van der Waals surface area (Å²) in [4.78, 5) is 22.9. The van der Waals surface area contributed by atoms with Gasteiger partial charge in [0.1, 0.15) is 0 Å². The van der Waals surface area contributed by atoms with E-state index in [1.807, 2.05) is 30.3 Å². The Balaban J connectivity index is 2.00. The Morgan fingerprint density at radius 2 is 2.00 bits per heavy atom. The molecule has 1 amide bonds. The summed E-state index contributed by atoms with van der Waals surface area (Å²) >= 11 is 3.40. The van der Waals surface area contributed by atoms with Crippen molar-refractivity contribution in [3.05, 3.63) is 80.3 Å². The SMILES string of the molecule is CCC(=O)N1NC(c2ccc(Br)cc2)=CC1c1cccc([N+](=O)[O-])c1. The van der Waals surface area contributed by atoms with Crippen LogP contribution < -0.4 is 5.43 Å². The number of hydrogen-bond donors (Lipinski definition) is 1. The normalized spacial score (nSPS) is 16.3. The molecule has 2 aromatic carbocycles. The molecular formula is C18H16BrN3O3. The standard InChI is InChI=1S/C18H16BrN3O3/c1-2-18(23)21-17(13-4-3-5-15(10-13)22(24)25)11-16(20-21)12-6-8-14(19)9-7-12/h3-11,17,20H,2H2,1H3. The Morgan fingerprint density at radius 3 is 2.64 bits per heavy atom. The Morgan fingerprint density at radius 1 is 1.28 bits per heavy atom. The molecule has 0 saturated carbocycles. The minimum Gasteiger partial charge on any atom is -0.295 e. The van der Waals surface area contributed by atoms with E-state index in [-0.39, 0.29) is 11.6 Å². The number of nitrogens with one attached hydrogen (secondary N) is 1. The van der Waals surface area contributed by atoms with Crippen molar-refractivity contribution in [2.45, 2.75) is 19.4 Å². The summed E-state index contributed by atoms with van der Waals surface area (Å²) in [6.45, 7) is 1.78. The first kappa shape index (κ1) is 17.2. The first-order chi connectivity index (χ1) is 12.0. The fourth-order valence-corrected chi connectivity index (χ4v) is 2.98. The van der Waals surface area contributed by atoms with Crippen LogP contribution in [0.25, 0.3) is 5.70 Å². The molecule has 128 valence electrons. The van der Waals surface area contributed by atoms with Crippen molar-refractivity contribution in [3.63, 3.8) is 0 Å². The zero-order valence-corrected chi connectivity index (χ0v) is 15.1. The van der Waals surface area contributed by atoms with Crippen LogP contribution in [0.1, 0.15) is 30.5 Å². The molecule has 0 bridgehead atoms. The molecule has 0 saturated heterocycles. The van der Waals surface area contributed by atoms with Crippen LogP contribution in [0.3, 0.4) is 0 Å². The molecule has 1 aliphatic heterocycles. The van der Waals surface area contributed by atoms with Crippen molar-refractivity contribution < 1.29 is 9.72 Å². The highest BCUT2D eigenvalue weighted by atomic mass is 79.9. The third-order valence-corrected chi connectivity index (χ3v) is 4.52. The van der Waals surface area contributed by atoms with Gasteiger partial charge < -0.3 is 0 Å². The van der Waals surface area contributed by atoms with Gasteiger partial charge in [0.25, 0.3) is 5.69 Å². The van der Waals surface area contributed by atoms with E-state index >= 15 is 0 Å². The number of halogens is 1. The Labute approximate surface area is 153 Å². The van der Waals surface area contributed by atoms with Crippen molar-refractivity contribution in [3.8, 4) is 0 Å². The van der Waals surface area contributed by atoms with Crippen LogP contribution in [0.5, 0.6) is 0 Å². The Hall–Kier alpha value is -2.67. The van der Waals surface area contributed by atoms with Crippen molar-refractivity contribution in [2.75, 3.05) is 0 Å². The maximum Gasteiger partial charge on any atom is 0.269 e. The molecule has 25 heavy (non-hydrogen) atoms. The molecule has 0 fully saturated rings. The number of hydrogen-bond acceptors (Lipinski definition) is 4. The molecule has 0 aromatic heterocycles. The van der Waals surface area contributed by atoms with E-state index in [4.69, 9.17) is 0 Å². The van der Waals surface area contributed by atoms with Gasteiger partial charge in [-0.3, -0.25) is 20.3 Å². The predicted molar refractivity (Wildman–Crippen MR) is 98.2 cm³/mol. The summed E-state index contributed by atoms with van der Waals surface area (Å²) in [6.07, 6.45) is 2.25. The molecule has 1 unspecified atom stereocenters. The number of rotatable bonds is 4. The van der Waals surface area contributed by atoms with Crippen LogP contribution in [0, 0.1) is 10.1 Å². The van der Waals surface area contributed by atoms with Gasteiger partial charge in [-0.2, -0.15) is 0 Å².